The molecule has 4 aliphatic heterocycles. The van der Waals surface area contributed by atoms with Gasteiger partial charge in [0.25, 0.3) is 0 Å². The van der Waals surface area contributed by atoms with E-state index in [1.54, 1.807) is 25.3 Å². The molecule has 0 radical (unpaired) electrons. The van der Waals surface area contributed by atoms with E-state index in [4.69, 9.17) is 24.4 Å². The van der Waals surface area contributed by atoms with Gasteiger partial charge in [-0.1, -0.05) is 6.07 Å². The molecule has 4 aliphatic rings. The van der Waals surface area contributed by atoms with E-state index in [2.05, 4.69) is 15.4 Å². The number of aryl methyl sites for hydroxylation is 1. The molecule has 6 aromatic rings. The molecule has 1 N–H and O–H groups in total. The van der Waals surface area contributed by atoms with E-state index in [9.17, 15) is 9.18 Å². The highest BCUT2D eigenvalue weighted by Gasteiger charge is 2.50. The lowest BCUT2D eigenvalue weighted by molar-refractivity contribution is -0.132. The van der Waals surface area contributed by atoms with E-state index in [1.165, 1.54) is 28.9 Å². The van der Waals surface area contributed by atoms with Crippen LogP contribution in [0.1, 0.15) is 12.2 Å². The van der Waals surface area contributed by atoms with Crippen LogP contribution in [-0.2, 0) is 20.8 Å². The largest absolute Gasteiger partial charge is 0.380 e. The van der Waals surface area contributed by atoms with Crippen molar-refractivity contribution in [2.75, 3.05) is 68.7 Å². The molecule has 2 aromatic carbocycles. The summed E-state index contributed by atoms with van der Waals surface area (Å²) < 4.78 is 59.2. The van der Waals surface area contributed by atoms with Crippen LogP contribution in [0.25, 0.3) is 39.0 Å². The molecule has 3 atom stereocenters. The van der Waals surface area contributed by atoms with Gasteiger partial charge in [-0.05, 0) is 43.7 Å². The van der Waals surface area contributed by atoms with Crippen LogP contribution in [0.3, 0.4) is 0 Å². The monoisotopic (exact) mass is 765 g/mol. The highest BCUT2D eigenvalue weighted by Crippen LogP contribution is 2.42. The maximum Gasteiger partial charge on any atom is 0.245 e. The second-order valence-corrected chi connectivity index (χ2v) is 15.4. The van der Waals surface area contributed by atoms with E-state index < -0.39 is 29.6 Å². The SMILES string of the molecule is CO[C@H]1CN(C)C(=O)[C@@H]2C[C@@H](CN2c2nc(N3CC4(COC4)C3)nc3c2cnn3-c2ccc(F)cc2F)Nc2cccc(n2)-c2cc(F)cc3nc(C)n(c23)C1. The second kappa shape index (κ2) is 12.9. The third kappa shape index (κ3) is 5.62. The van der Waals surface area contributed by atoms with Crippen molar-refractivity contribution in [2.45, 2.75) is 38.1 Å². The van der Waals surface area contributed by atoms with Crippen LogP contribution < -0.4 is 15.1 Å². The third-order valence-corrected chi connectivity index (χ3v) is 11.5. The molecular formula is C39H38F3N11O3. The zero-order valence-corrected chi connectivity index (χ0v) is 30.9. The Labute approximate surface area is 318 Å². The minimum atomic E-state index is -0.793. The van der Waals surface area contributed by atoms with Crippen molar-refractivity contribution in [1.82, 2.24) is 39.2 Å². The van der Waals surface area contributed by atoms with Gasteiger partial charge in [-0.3, -0.25) is 4.79 Å². The number of fused-ring (bicyclic) bond motifs is 6. The van der Waals surface area contributed by atoms with Crippen LogP contribution in [-0.4, -0.2) is 117 Å². The molecule has 4 aromatic heterocycles. The van der Waals surface area contributed by atoms with Crippen molar-refractivity contribution in [2.24, 2.45) is 5.41 Å². The molecule has 56 heavy (non-hydrogen) atoms. The predicted molar refractivity (Wildman–Crippen MR) is 201 cm³/mol. The number of benzene rings is 2. The van der Waals surface area contributed by atoms with Gasteiger partial charge >= 0.3 is 0 Å². The molecule has 4 bridgehead atoms. The molecule has 8 heterocycles. The zero-order valence-electron chi connectivity index (χ0n) is 30.9. The molecule has 0 aliphatic carbocycles. The van der Waals surface area contributed by atoms with Crippen molar-refractivity contribution >= 4 is 45.6 Å². The smallest absolute Gasteiger partial charge is 0.245 e. The van der Waals surface area contributed by atoms with Crippen LogP contribution in [0.2, 0.25) is 0 Å². The van der Waals surface area contributed by atoms with Crippen LogP contribution in [0.4, 0.5) is 30.8 Å². The highest BCUT2D eigenvalue weighted by molar-refractivity contribution is 5.94. The molecule has 10 rings (SSSR count). The molecular weight excluding hydrogens is 727 g/mol. The van der Waals surface area contributed by atoms with Crippen LogP contribution in [0.5, 0.6) is 0 Å². The quantitative estimate of drug-likeness (QED) is 0.275. The Kier molecular flexibility index (Phi) is 7.97. The number of hydrogen-bond acceptors (Lipinski definition) is 11. The van der Waals surface area contributed by atoms with Gasteiger partial charge in [-0.15, -0.1) is 0 Å². The Morgan fingerprint density at radius 1 is 0.964 bits per heavy atom. The lowest BCUT2D eigenvalue weighted by Gasteiger charge is -2.54. The Morgan fingerprint density at radius 3 is 2.57 bits per heavy atom. The van der Waals surface area contributed by atoms with E-state index in [0.717, 1.165) is 11.6 Å². The number of rotatable bonds is 4. The number of hydrogen-bond donors (Lipinski definition) is 1. The van der Waals surface area contributed by atoms with Crippen molar-refractivity contribution in [3.8, 4) is 16.9 Å². The standard InChI is InChI=1S/C39H38F3N11O3/c1-21-44-30-11-23(41)9-26-29-5-4-6-33(46-29)45-24-12-32(37(54)49(2)15-25(55-3)16-51(21)34(26)30)52(14-24)35-27-13-43-53(31-8-7-22(40)10-28(31)42)36(27)48-38(47-35)50-17-39(18-50)19-56-20-39/h4-11,13,24-25,32H,12,14-20H2,1-3H3,(H,45,46)/t24-,25-,32-/m0/s1. The predicted octanol–water partition coefficient (Wildman–Crippen LogP) is 4.34. The number of methoxy groups -OCH3 is 1. The zero-order chi connectivity index (χ0) is 38.5. The normalized spacial score (nSPS) is 21.9. The molecule has 0 saturated carbocycles. The number of nitrogens with zero attached hydrogens (tertiary/aromatic N) is 10. The van der Waals surface area contributed by atoms with Crippen molar-refractivity contribution in [1.29, 1.82) is 0 Å². The Bertz CT molecular complexity index is 2550. The Morgan fingerprint density at radius 2 is 1.80 bits per heavy atom. The Balaban J connectivity index is 1.09. The number of pyridine rings is 1. The summed E-state index contributed by atoms with van der Waals surface area (Å²) in [5.41, 5.74) is 2.79. The number of anilines is 3. The lowest BCUT2D eigenvalue weighted by atomic mass is 9.78. The van der Waals surface area contributed by atoms with Gasteiger partial charge < -0.3 is 34.1 Å². The second-order valence-electron chi connectivity index (χ2n) is 15.4. The molecule has 14 nitrogen and oxygen atoms in total. The number of aromatic nitrogens is 7. The van der Waals surface area contributed by atoms with E-state index in [1.807, 2.05) is 39.5 Å². The molecule has 288 valence electrons. The number of nitrogens with one attached hydrogen (secondary N) is 1. The van der Waals surface area contributed by atoms with Crippen molar-refractivity contribution in [3.05, 3.63) is 78.0 Å². The summed E-state index contributed by atoms with van der Waals surface area (Å²) in [7, 11) is 3.36. The summed E-state index contributed by atoms with van der Waals surface area (Å²) in [4.78, 5) is 40.0. The Hall–Kier alpha value is -5.81. The molecule has 1 spiro atoms. The fraction of sp³-hybridized carbons (Fsp3) is 0.385. The molecule has 0 unspecified atom stereocenters. The molecule has 1 amide bonds. The first-order chi connectivity index (χ1) is 27.1. The van der Waals surface area contributed by atoms with Crippen LogP contribution >= 0.6 is 0 Å². The first kappa shape index (κ1) is 34.7. The third-order valence-electron chi connectivity index (χ3n) is 11.5. The number of halogens is 3. The number of amides is 1. The number of ether oxygens (including phenoxy) is 2. The van der Waals surface area contributed by atoms with Gasteiger partial charge in [0.2, 0.25) is 11.9 Å². The summed E-state index contributed by atoms with van der Waals surface area (Å²) in [5, 5.41) is 8.58. The first-order valence-corrected chi connectivity index (χ1v) is 18.5. The van der Waals surface area contributed by atoms with Gasteiger partial charge in [0.1, 0.15) is 40.8 Å². The summed E-state index contributed by atoms with van der Waals surface area (Å²) in [6, 6.07) is 10.8. The maximum absolute atomic E-state index is 15.3. The molecule has 17 heteroatoms. The van der Waals surface area contributed by atoms with Crippen LogP contribution in [0, 0.1) is 29.8 Å². The number of carbonyl (C=O) groups excluding carboxylic acids is 1. The lowest BCUT2D eigenvalue weighted by Crippen LogP contribution is -2.66. The topological polar surface area (TPSA) is 132 Å². The van der Waals surface area contributed by atoms with Gasteiger partial charge in [-0.25, -0.2) is 27.8 Å². The van der Waals surface area contributed by atoms with E-state index in [-0.39, 0.29) is 29.6 Å². The number of likely N-dealkylation sites (N-methyl/N-ethyl adjacent to an activating group) is 1. The number of carbonyl (C=O) groups is 1. The summed E-state index contributed by atoms with van der Waals surface area (Å²) in [6.07, 6.45) is 1.51. The fourth-order valence-corrected chi connectivity index (χ4v) is 8.66. The first-order valence-electron chi connectivity index (χ1n) is 18.5. The van der Waals surface area contributed by atoms with Crippen molar-refractivity contribution < 1.29 is 27.4 Å². The van der Waals surface area contributed by atoms with Crippen molar-refractivity contribution in [3.63, 3.8) is 0 Å². The van der Waals surface area contributed by atoms with E-state index >= 15 is 8.78 Å². The van der Waals surface area contributed by atoms with Gasteiger partial charge in [0.15, 0.2) is 11.5 Å². The fourth-order valence-electron chi connectivity index (χ4n) is 8.66. The van der Waals surface area contributed by atoms with Gasteiger partial charge in [0, 0.05) is 64.1 Å². The molecule has 3 saturated heterocycles. The van der Waals surface area contributed by atoms with Gasteiger partial charge in [-0.2, -0.15) is 15.1 Å². The van der Waals surface area contributed by atoms with E-state index in [0.29, 0.717) is 97.0 Å². The summed E-state index contributed by atoms with van der Waals surface area (Å²) >= 11 is 0. The van der Waals surface area contributed by atoms with Gasteiger partial charge in [0.05, 0.1) is 59.6 Å². The maximum atomic E-state index is 15.3. The van der Waals surface area contributed by atoms with Crippen LogP contribution in [0.15, 0.2) is 54.7 Å². The number of imidazole rings is 1. The summed E-state index contributed by atoms with van der Waals surface area (Å²) in [6.45, 7) is 5.49. The average Bonchev–Trinajstić information content (AvgIpc) is 3.84. The highest BCUT2D eigenvalue weighted by atomic mass is 19.1. The molecule has 3 fully saturated rings. The minimum Gasteiger partial charge on any atom is -0.380 e. The summed E-state index contributed by atoms with van der Waals surface area (Å²) in [5.74, 6) is 0.0339. The minimum absolute atomic E-state index is 0.0302. The average molecular weight is 766 g/mol.